The highest BCUT2D eigenvalue weighted by Crippen LogP contribution is 2.36. The summed E-state index contributed by atoms with van der Waals surface area (Å²) < 4.78 is 5.06. The van der Waals surface area contributed by atoms with Crippen LogP contribution >= 0.6 is 0 Å². The number of hydrogen-bond donors (Lipinski definition) is 1. The molecule has 4 nitrogen and oxygen atoms in total. The molecular formula is C16H20O4. The first kappa shape index (κ1) is 14.6. The van der Waals surface area contributed by atoms with Crippen molar-refractivity contribution >= 4 is 11.9 Å². The van der Waals surface area contributed by atoms with Gasteiger partial charge in [-0.2, -0.15) is 0 Å². The predicted octanol–water partition coefficient (Wildman–Crippen LogP) is 3.22. The number of benzene rings is 1. The Kier molecular flexibility index (Phi) is 4.77. The van der Waals surface area contributed by atoms with E-state index in [1.165, 1.54) is 0 Å². The minimum atomic E-state index is -0.900. The van der Waals surface area contributed by atoms with Crippen molar-refractivity contribution in [2.45, 2.75) is 38.5 Å². The van der Waals surface area contributed by atoms with Crippen LogP contribution < -0.4 is 0 Å². The SMILES string of the molecule is CCOC(=O)C1CCC(c2ccc(C(=O)O)cc2)CC1. The van der Waals surface area contributed by atoms with Crippen LogP contribution in [0.1, 0.15) is 54.4 Å². The number of carbonyl (C=O) groups excluding carboxylic acids is 1. The molecule has 0 spiro atoms. The van der Waals surface area contributed by atoms with Gasteiger partial charge in [-0.1, -0.05) is 12.1 Å². The molecule has 1 aliphatic rings. The Balaban J connectivity index is 1.93. The van der Waals surface area contributed by atoms with Crippen molar-refractivity contribution in [2.24, 2.45) is 5.92 Å². The third kappa shape index (κ3) is 3.38. The van der Waals surface area contributed by atoms with Crippen LogP contribution in [-0.4, -0.2) is 23.7 Å². The molecule has 1 aromatic rings. The average Bonchev–Trinajstić information content (AvgIpc) is 2.48. The van der Waals surface area contributed by atoms with E-state index in [0.717, 1.165) is 31.2 Å². The van der Waals surface area contributed by atoms with Crippen molar-refractivity contribution in [2.75, 3.05) is 6.61 Å². The van der Waals surface area contributed by atoms with Gasteiger partial charge in [-0.25, -0.2) is 4.79 Å². The first-order chi connectivity index (χ1) is 9.61. The molecule has 0 amide bonds. The van der Waals surface area contributed by atoms with Crippen molar-refractivity contribution < 1.29 is 19.4 Å². The molecule has 1 N–H and O–H groups in total. The van der Waals surface area contributed by atoms with E-state index in [4.69, 9.17) is 9.84 Å². The minimum absolute atomic E-state index is 0.0319. The fourth-order valence-electron chi connectivity index (χ4n) is 2.82. The number of hydrogen-bond acceptors (Lipinski definition) is 3. The smallest absolute Gasteiger partial charge is 0.335 e. The standard InChI is InChI=1S/C16H20O4/c1-2-20-16(19)14-9-5-12(6-10-14)11-3-7-13(8-4-11)15(17)18/h3-4,7-8,12,14H,2,5-6,9-10H2,1H3,(H,17,18). The summed E-state index contributed by atoms with van der Waals surface area (Å²) >= 11 is 0. The lowest BCUT2D eigenvalue weighted by molar-refractivity contribution is -0.149. The van der Waals surface area contributed by atoms with Crippen molar-refractivity contribution in [1.29, 1.82) is 0 Å². The van der Waals surface area contributed by atoms with Gasteiger partial charge in [-0.15, -0.1) is 0 Å². The van der Waals surface area contributed by atoms with Gasteiger partial charge in [-0.3, -0.25) is 4.79 Å². The maximum atomic E-state index is 11.7. The zero-order chi connectivity index (χ0) is 14.5. The molecule has 0 aliphatic heterocycles. The maximum Gasteiger partial charge on any atom is 0.335 e. The summed E-state index contributed by atoms with van der Waals surface area (Å²) in [5.41, 5.74) is 1.48. The molecule has 0 aromatic heterocycles. The second kappa shape index (κ2) is 6.55. The molecule has 1 aromatic carbocycles. The van der Waals surface area contributed by atoms with Crippen LogP contribution in [0, 0.1) is 5.92 Å². The molecule has 2 rings (SSSR count). The van der Waals surface area contributed by atoms with Crippen LogP contribution in [0.4, 0.5) is 0 Å². The fraction of sp³-hybridized carbons (Fsp3) is 0.500. The Bertz CT molecular complexity index is 470. The molecule has 0 bridgehead atoms. The van der Waals surface area contributed by atoms with Gasteiger partial charge in [0.05, 0.1) is 18.1 Å². The first-order valence-electron chi connectivity index (χ1n) is 7.11. The summed E-state index contributed by atoms with van der Waals surface area (Å²) in [7, 11) is 0. The molecule has 0 unspecified atom stereocenters. The lowest BCUT2D eigenvalue weighted by atomic mass is 9.78. The number of carboxylic acid groups (broad SMARTS) is 1. The Morgan fingerprint density at radius 1 is 1.15 bits per heavy atom. The molecule has 1 aliphatic carbocycles. The van der Waals surface area contributed by atoms with E-state index in [-0.39, 0.29) is 11.9 Å². The molecule has 0 saturated heterocycles. The zero-order valence-corrected chi connectivity index (χ0v) is 11.7. The Hall–Kier alpha value is -1.84. The maximum absolute atomic E-state index is 11.7. The van der Waals surface area contributed by atoms with E-state index in [1.807, 2.05) is 19.1 Å². The average molecular weight is 276 g/mol. The van der Waals surface area contributed by atoms with Gasteiger partial charge in [0, 0.05) is 0 Å². The molecule has 108 valence electrons. The van der Waals surface area contributed by atoms with Gasteiger partial charge < -0.3 is 9.84 Å². The van der Waals surface area contributed by atoms with E-state index >= 15 is 0 Å². The van der Waals surface area contributed by atoms with Gasteiger partial charge in [0.15, 0.2) is 0 Å². The van der Waals surface area contributed by atoms with Crippen molar-refractivity contribution in [3.8, 4) is 0 Å². The van der Waals surface area contributed by atoms with Crippen molar-refractivity contribution in [3.05, 3.63) is 35.4 Å². The lowest BCUT2D eigenvalue weighted by Gasteiger charge is -2.27. The predicted molar refractivity (Wildman–Crippen MR) is 74.7 cm³/mol. The van der Waals surface area contributed by atoms with E-state index in [1.54, 1.807) is 12.1 Å². The third-order valence-electron chi connectivity index (χ3n) is 3.98. The van der Waals surface area contributed by atoms with Crippen LogP contribution in [0.3, 0.4) is 0 Å². The van der Waals surface area contributed by atoms with Crippen LogP contribution in [0.15, 0.2) is 24.3 Å². The Morgan fingerprint density at radius 2 is 1.75 bits per heavy atom. The number of carboxylic acids is 1. The number of ether oxygens (including phenoxy) is 1. The normalized spacial score (nSPS) is 22.2. The van der Waals surface area contributed by atoms with Gasteiger partial charge in [-0.05, 0) is 56.2 Å². The van der Waals surface area contributed by atoms with Gasteiger partial charge in [0.1, 0.15) is 0 Å². The molecule has 1 fully saturated rings. The minimum Gasteiger partial charge on any atom is -0.478 e. The van der Waals surface area contributed by atoms with Crippen molar-refractivity contribution in [1.82, 2.24) is 0 Å². The highest BCUT2D eigenvalue weighted by atomic mass is 16.5. The number of rotatable bonds is 4. The fourth-order valence-corrected chi connectivity index (χ4v) is 2.82. The Labute approximate surface area is 118 Å². The molecule has 4 heteroatoms. The second-order valence-corrected chi connectivity index (χ2v) is 5.23. The number of esters is 1. The monoisotopic (exact) mass is 276 g/mol. The topological polar surface area (TPSA) is 63.6 Å². The third-order valence-corrected chi connectivity index (χ3v) is 3.98. The molecule has 20 heavy (non-hydrogen) atoms. The quantitative estimate of drug-likeness (QED) is 0.858. The van der Waals surface area contributed by atoms with E-state index in [2.05, 4.69) is 0 Å². The Morgan fingerprint density at radius 3 is 2.25 bits per heavy atom. The summed E-state index contributed by atoms with van der Waals surface area (Å²) in [6, 6.07) is 7.07. The van der Waals surface area contributed by atoms with Crippen molar-refractivity contribution in [3.63, 3.8) is 0 Å². The number of carbonyl (C=O) groups is 2. The van der Waals surface area contributed by atoms with Crippen LogP contribution in [0.2, 0.25) is 0 Å². The highest BCUT2D eigenvalue weighted by Gasteiger charge is 2.27. The lowest BCUT2D eigenvalue weighted by Crippen LogP contribution is -2.23. The zero-order valence-electron chi connectivity index (χ0n) is 11.7. The first-order valence-corrected chi connectivity index (χ1v) is 7.11. The van der Waals surface area contributed by atoms with Crippen LogP contribution in [0.25, 0.3) is 0 Å². The molecule has 1 saturated carbocycles. The van der Waals surface area contributed by atoms with E-state index in [9.17, 15) is 9.59 Å². The summed E-state index contributed by atoms with van der Waals surface area (Å²) in [4.78, 5) is 22.5. The summed E-state index contributed by atoms with van der Waals surface area (Å²) in [6.45, 7) is 2.27. The highest BCUT2D eigenvalue weighted by molar-refractivity contribution is 5.87. The van der Waals surface area contributed by atoms with E-state index < -0.39 is 5.97 Å². The van der Waals surface area contributed by atoms with E-state index in [0.29, 0.717) is 18.1 Å². The van der Waals surface area contributed by atoms with Crippen LogP contribution in [0.5, 0.6) is 0 Å². The molecular weight excluding hydrogens is 256 g/mol. The van der Waals surface area contributed by atoms with Gasteiger partial charge >= 0.3 is 11.9 Å². The second-order valence-electron chi connectivity index (χ2n) is 5.23. The van der Waals surface area contributed by atoms with Crippen LogP contribution in [-0.2, 0) is 9.53 Å². The summed E-state index contributed by atoms with van der Waals surface area (Å²) in [5.74, 6) is -0.525. The molecule has 0 heterocycles. The van der Waals surface area contributed by atoms with Gasteiger partial charge in [0.25, 0.3) is 0 Å². The summed E-state index contributed by atoms with van der Waals surface area (Å²) in [6.07, 6.45) is 3.61. The number of aromatic carboxylic acids is 1. The largest absolute Gasteiger partial charge is 0.478 e. The summed E-state index contributed by atoms with van der Waals surface area (Å²) in [5, 5.41) is 8.88. The molecule has 0 radical (unpaired) electrons. The van der Waals surface area contributed by atoms with Gasteiger partial charge in [0.2, 0.25) is 0 Å². The molecule has 0 atom stereocenters.